The van der Waals surface area contributed by atoms with Gasteiger partial charge in [-0.15, -0.1) is 0 Å². The van der Waals surface area contributed by atoms with E-state index in [2.05, 4.69) is 41.9 Å². The summed E-state index contributed by atoms with van der Waals surface area (Å²) in [6.07, 6.45) is -6.09. The van der Waals surface area contributed by atoms with Gasteiger partial charge in [-0.25, -0.2) is 28.0 Å². The largest absolute Gasteiger partial charge is 0.461 e. The van der Waals surface area contributed by atoms with E-state index in [1.165, 1.54) is 67.8 Å². The minimum absolute atomic E-state index is 0.00347. The van der Waals surface area contributed by atoms with Crippen LogP contribution in [0.4, 0.5) is 8.78 Å². The average Bonchev–Trinajstić information content (AvgIpc) is 3.32. The molecule has 15 nitrogen and oxygen atoms in total. The second kappa shape index (κ2) is 26.8. The van der Waals surface area contributed by atoms with Crippen LogP contribution in [0.15, 0.2) is 102 Å². The van der Waals surface area contributed by atoms with E-state index in [0.717, 1.165) is 6.21 Å². The predicted octanol–water partition coefficient (Wildman–Crippen LogP) is 5.14. The summed E-state index contributed by atoms with van der Waals surface area (Å²) >= 11 is 6.34. The second-order valence-corrected chi connectivity index (χ2v) is 15.2. The van der Waals surface area contributed by atoms with E-state index in [0.29, 0.717) is 22.3 Å². The third kappa shape index (κ3) is 16.1. The van der Waals surface area contributed by atoms with Gasteiger partial charge in [0.2, 0.25) is 0 Å². The lowest BCUT2D eigenvalue weighted by atomic mass is 10.1. The zero-order valence-electron chi connectivity index (χ0n) is 32.9. The van der Waals surface area contributed by atoms with Crippen molar-refractivity contribution in [1.82, 2.24) is 0 Å². The van der Waals surface area contributed by atoms with Crippen molar-refractivity contribution in [2.45, 2.75) is 60.6 Å². The van der Waals surface area contributed by atoms with E-state index in [4.69, 9.17) is 39.4 Å². The molecule has 0 bridgehead atoms. The number of alkyl halides is 4. The van der Waals surface area contributed by atoms with Crippen LogP contribution >= 0.6 is 31.9 Å². The lowest BCUT2D eigenvalue weighted by Crippen LogP contribution is -2.39. The number of aliphatic hydroxyl groups is 4. The number of carbonyl (C=O) groups is 5. The Hall–Kier alpha value is -5.44. The van der Waals surface area contributed by atoms with E-state index in [1.807, 2.05) is 0 Å². The lowest BCUT2D eigenvalue weighted by Gasteiger charge is -2.24. The first-order valence-corrected chi connectivity index (χ1v) is 20.3. The van der Waals surface area contributed by atoms with Crippen molar-refractivity contribution >= 4 is 68.2 Å². The number of halogens is 4. The lowest BCUT2D eigenvalue weighted by molar-refractivity contribution is -0.115. The first-order valence-electron chi connectivity index (χ1n) is 18.4. The zero-order valence-corrected chi connectivity index (χ0v) is 36.1. The molecule has 0 amide bonds. The molecule has 332 valence electrons. The highest BCUT2D eigenvalue weighted by Crippen LogP contribution is 2.21. The summed E-state index contributed by atoms with van der Waals surface area (Å²) in [5.41, 5.74) is 3.17. The minimum Gasteiger partial charge on any atom is -0.461 e. The molecule has 19 heteroatoms. The number of aliphatic hydroxyl groups excluding tert-OH is 4. The van der Waals surface area contributed by atoms with Crippen molar-refractivity contribution in [3.63, 3.8) is 0 Å². The number of aldehydes is 1. The van der Waals surface area contributed by atoms with Crippen molar-refractivity contribution in [3.05, 3.63) is 142 Å². The molecule has 62 heavy (non-hydrogen) atoms. The fourth-order valence-electron chi connectivity index (χ4n) is 4.99. The van der Waals surface area contributed by atoms with Crippen LogP contribution in [-0.2, 0) is 55.0 Å². The van der Waals surface area contributed by atoms with Crippen LogP contribution < -0.4 is 0 Å². The minimum atomic E-state index is -2.14. The molecule has 4 N–H and O–H groups in total. The van der Waals surface area contributed by atoms with Gasteiger partial charge in [0.05, 0.1) is 64.6 Å². The molecule has 4 rings (SSSR count). The van der Waals surface area contributed by atoms with E-state index < -0.39 is 58.1 Å². The van der Waals surface area contributed by atoms with Gasteiger partial charge < -0.3 is 44.2 Å². The fraction of sp³-hybridized carbons (Fsp3) is 0.302. The molecular weight excluding hydrogens is 952 g/mol. The SMILES string of the molecule is CO/N=C\[C@@H](F)[C@H](OC(=O)c1ccc(CO)cc1)[C@@H](Br)COC(=O)c1ccc(CO)cc1.O=C[C@@H](F)[C@H](OC(=O)c1ccc(CO)cc1)[C@@H](Br)COC(=O)c1ccc(CO)cc1. The molecular formula is C43H43Br2F2NO14. The Bertz CT molecular complexity index is 2060. The van der Waals surface area contributed by atoms with Crippen molar-refractivity contribution in [3.8, 4) is 0 Å². The molecule has 0 unspecified atom stereocenters. The van der Waals surface area contributed by atoms with Gasteiger partial charge in [0.15, 0.2) is 30.8 Å². The Kier molecular flexibility index (Phi) is 22.0. The van der Waals surface area contributed by atoms with Gasteiger partial charge in [0.25, 0.3) is 0 Å². The smallest absolute Gasteiger partial charge is 0.338 e. The number of benzene rings is 4. The molecule has 0 saturated heterocycles. The number of hydrogen-bond acceptors (Lipinski definition) is 15. The first-order chi connectivity index (χ1) is 29.8. The number of hydrogen-bond donors (Lipinski definition) is 4. The van der Waals surface area contributed by atoms with E-state index in [9.17, 15) is 32.8 Å². The Morgan fingerprint density at radius 3 is 1.11 bits per heavy atom. The van der Waals surface area contributed by atoms with Crippen molar-refractivity contribution in [1.29, 1.82) is 0 Å². The summed E-state index contributed by atoms with van der Waals surface area (Å²) in [5, 5.41) is 39.6. The summed E-state index contributed by atoms with van der Waals surface area (Å²) in [7, 11) is 1.24. The van der Waals surface area contributed by atoms with Gasteiger partial charge >= 0.3 is 23.9 Å². The summed E-state index contributed by atoms with van der Waals surface area (Å²) in [6, 6.07) is 24.0. The number of oxime groups is 1. The van der Waals surface area contributed by atoms with Crippen LogP contribution in [0.5, 0.6) is 0 Å². The Labute approximate surface area is 371 Å². The van der Waals surface area contributed by atoms with Crippen LogP contribution in [0.25, 0.3) is 0 Å². The molecule has 4 aromatic carbocycles. The second-order valence-electron chi connectivity index (χ2n) is 12.9. The highest BCUT2D eigenvalue weighted by atomic mass is 79.9. The van der Waals surface area contributed by atoms with Crippen LogP contribution in [0.2, 0.25) is 0 Å². The maximum Gasteiger partial charge on any atom is 0.338 e. The van der Waals surface area contributed by atoms with Gasteiger partial charge in [-0.05, 0) is 70.8 Å². The first kappa shape index (κ1) is 50.9. The summed E-state index contributed by atoms with van der Waals surface area (Å²) in [6.45, 7) is -1.38. The van der Waals surface area contributed by atoms with E-state index >= 15 is 0 Å². The maximum absolute atomic E-state index is 14.7. The molecule has 4 aromatic rings. The Morgan fingerprint density at radius 2 is 0.839 bits per heavy atom. The number of esters is 4. The van der Waals surface area contributed by atoms with Gasteiger partial charge in [-0.2, -0.15) is 0 Å². The molecule has 0 saturated carbocycles. The normalized spacial score (nSPS) is 13.8. The van der Waals surface area contributed by atoms with Crippen molar-refractivity contribution in [2.24, 2.45) is 5.16 Å². The van der Waals surface area contributed by atoms with Crippen LogP contribution in [0.3, 0.4) is 0 Å². The molecule has 6 atom stereocenters. The van der Waals surface area contributed by atoms with Crippen LogP contribution in [0, 0.1) is 0 Å². The van der Waals surface area contributed by atoms with Gasteiger partial charge in [0, 0.05) is 0 Å². The fourth-order valence-corrected chi connectivity index (χ4v) is 6.06. The maximum atomic E-state index is 14.7. The standard InChI is InChI=1S/C22H23BrFNO7.C21H20BrFO7/c1-30-25-10-19(24)20(32-22(29)17-8-4-15(12-27)5-9-17)18(23)13-31-21(28)16-6-2-14(11-26)3-7-16;22-17(12-29-20(27)15-5-1-13(9-24)2-6-15)19(18(23)11-26)30-21(28)16-7-3-14(10-25)4-8-16/h2-10,18-20,26-27H,11-13H2,1H3;1-8,11,17-19,24-25H,9-10,12H2/b25-10-;/t18-,19+,20+;17-,18+,19+/m00/s1. The average molecular weight is 996 g/mol. The molecule has 0 aliphatic heterocycles. The van der Waals surface area contributed by atoms with Crippen LogP contribution in [-0.4, -0.2) is 111 Å². The quantitative estimate of drug-likeness (QED) is 0.0212. The van der Waals surface area contributed by atoms with Crippen LogP contribution in [0.1, 0.15) is 63.7 Å². The topological polar surface area (TPSA) is 225 Å². The Balaban J connectivity index is 0.000000331. The van der Waals surface area contributed by atoms with E-state index in [-0.39, 0.29) is 68.2 Å². The molecule has 0 aromatic heterocycles. The number of nitrogens with zero attached hydrogens (tertiary/aromatic N) is 1. The van der Waals surface area contributed by atoms with Gasteiger partial charge in [-0.1, -0.05) is 85.5 Å². The highest BCUT2D eigenvalue weighted by Gasteiger charge is 2.34. The van der Waals surface area contributed by atoms with Gasteiger partial charge in [0.1, 0.15) is 20.3 Å². The number of ether oxygens (including phenoxy) is 4. The van der Waals surface area contributed by atoms with E-state index in [1.54, 1.807) is 36.4 Å². The Morgan fingerprint density at radius 1 is 0.548 bits per heavy atom. The monoisotopic (exact) mass is 993 g/mol. The number of rotatable bonds is 21. The molecule has 0 fully saturated rings. The molecule has 0 radical (unpaired) electrons. The summed E-state index contributed by atoms with van der Waals surface area (Å²) < 4.78 is 49.5. The zero-order chi connectivity index (χ0) is 45.6. The summed E-state index contributed by atoms with van der Waals surface area (Å²) in [4.78, 5) is 62.6. The molecule has 0 spiro atoms. The van der Waals surface area contributed by atoms with Gasteiger partial charge in [-0.3, -0.25) is 4.79 Å². The molecule has 0 aliphatic rings. The molecule has 0 heterocycles. The van der Waals surface area contributed by atoms with Crippen molar-refractivity contribution in [2.75, 3.05) is 20.3 Å². The van der Waals surface area contributed by atoms with Crippen molar-refractivity contribution < 1.29 is 77.0 Å². The predicted molar refractivity (Wildman–Crippen MR) is 225 cm³/mol. The highest BCUT2D eigenvalue weighted by molar-refractivity contribution is 9.09. The number of carbonyl (C=O) groups excluding carboxylic acids is 5. The summed E-state index contributed by atoms with van der Waals surface area (Å²) in [5.74, 6) is -3.03. The third-order valence-corrected chi connectivity index (χ3v) is 10.1. The third-order valence-electron chi connectivity index (χ3n) is 8.50. The molecule has 0 aliphatic carbocycles.